The quantitative estimate of drug-likeness (QED) is 0.757. The fourth-order valence-electron chi connectivity index (χ4n) is 3.85. The van der Waals surface area contributed by atoms with Gasteiger partial charge in [0.25, 0.3) is 0 Å². The zero-order valence-corrected chi connectivity index (χ0v) is 16.6. The summed E-state index contributed by atoms with van der Waals surface area (Å²) in [5.74, 6) is 1.74. The average molecular weight is 408 g/mol. The van der Waals surface area contributed by atoms with E-state index < -0.39 is 6.09 Å². The highest BCUT2D eigenvalue weighted by atomic mass is 16.6. The molecule has 1 aliphatic carbocycles. The van der Waals surface area contributed by atoms with E-state index in [0.29, 0.717) is 43.0 Å². The molecule has 3 heterocycles. The van der Waals surface area contributed by atoms with E-state index in [4.69, 9.17) is 9.47 Å². The lowest BCUT2D eigenvalue weighted by atomic mass is 9.91. The number of hydrogen-bond acceptors (Lipinski definition) is 6. The number of benzene rings is 1. The summed E-state index contributed by atoms with van der Waals surface area (Å²) in [5.41, 5.74) is 2.24. The van der Waals surface area contributed by atoms with E-state index in [1.165, 1.54) is 18.4 Å². The standard InChI is InChI=1S/C22H24N4O4/c27-20(8-5-17-13-29-22(28)24-17)26-11-16(12-26)14-3-6-18(7-4-14)30-21-23-10-9-19(25-21)15-1-2-15/h3-4,6-7,9-10,15-17H,1-2,5,8,11-13H2,(H,24,28)/t17-/m1/s1. The minimum atomic E-state index is -0.397. The summed E-state index contributed by atoms with van der Waals surface area (Å²) in [6, 6.07) is 10.2. The molecule has 5 rings (SSSR count). The minimum absolute atomic E-state index is 0.0555. The first-order chi connectivity index (χ1) is 14.6. The number of nitrogens with zero attached hydrogens (tertiary/aromatic N) is 3. The Kier molecular flexibility index (Phi) is 4.98. The Labute approximate surface area is 174 Å². The summed E-state index contributed by atoms with van der Waals surface area (Å²) in [7, 11) is 0. The van der Waals surface area contributed by atoms with E-state index in [9.17, 15) is 9.59 Å². The van der Waals surface area contributed by atoms with Crippen molar-refractivity contribution in [2.24, 2.45) is 0 Å². The topological polar surface area (TPSA) is 93.7 Å². The van der Waals surface area contributed by atoms with Crippen LogP contribution in [0.25, 0.3) is 0 Å². The number of nitrogens with one attached hydrogen (secondary N) is 1. The van der Waals surface area contributed by atoms with Crippen LogP contribution in [-0.2, 0) is 9.53 Å². The van der Waals surface area contributed by atoms with Crippen molar-refractivity contribution in [2.75, 3.05) is 19.7 Å². The van der Waals surface area contributed by atoms with Crippen LogP contribution >= 0.6 is 0 Å². The smallest absolute Gasteiger partial charge is 0.407 e. The number of rotatable bonds is 7. The molecule has 156 valence electrons. The summed E-state index contributed by atoms with van der Waals surface area (Å²) in [5, 5.41) is 2.70. The van der Waals surface area contributed by atoms with Crippen LogP contribution in [0.2, 0.25) is 0 Å². The Bertz CT molecular complexity index is 938. The van der Waals surface area contributed by atoms with E-state index in [1.54, 1.807) is 6.20 Å². The number of amides is 2. The molecule has 1 N–H and O–H groups in total. The lowest BCUT2D eigenvalue weighted by Gasteiger charge is -2.39. The molecule has 8 nitrogen and oxygen atoms in total. The lowest BCUT2D eigenvalue weighted by molar-refractivity contribution is -0.135. The van der Waals surface area contributed by atoms with Gasteiger partial charge in [-0.25, -0.2) is 9.78 Å². The Hall–Kier alpha value is -3.16. The van der Waals surface area contributed by atoms with Crippen molar-refractivity contribution in [1.29, 1.82) is 0 Å². The molecule has 1 aromatic carbocycles. The molecule has 1 aromatic heterocycles. The summed E-state index contributed by atoms with van der Waals surface area (Å²) < 4.78 is 10.7. The van der Waals surface area contributed by atoms with Crippen LogP contribution in [0, 0.1) is 0 Å². The van der Waals surface area contributed by atoms with Crippen molar-refractivity contribution in [3.63, 3.8) is 0 Å². The molecular formula is C22H24N4O4. The molecule has 1 saturated carbocycles. The van der Waals surface area contributed by atoms with Crippen molar-refractivity contribution in [3.8, 4) is 11.8 Å². The maximum atomic E-state index is 12.3. The molecule has 2 aliphatic heterocycles. The van der Waals surface area contributed by atoms with Crippen molar-refractivity contribution in [1.82, 2.24) is 20.2 Å². The van der Waals surface area contributed by atoms with Crippen molar-refractivity contribution in [2.45, 2.75) is 43.6 Å². The van der Waals surface area contributed by atoms with Crippen LogP contribution in [0.4, 0.5) is 4.79 Å². The van der Waals surface area contributed by atoms with Gasteiger partial charge in [0.05, 0.1) is 11.7 Å². The Balaban J connectivity index is 1.09. The fourth-order valence-corrected chi connectivity index (χ4v) is 3.85. The Morgan fingerprint density at radius 1 is 1.17 bits per heavy atom. The van der Waals surface area contributed by atoms with Crippen LogP contribution in [-0.4, -0.2) is 52.6 Å². The third kappa shape index (κ3) is 4.22. The molecule has 2 aromatic rings. The first-order valence-electron chi connectivity index (χ1n) is 10.5. The highest BCUT2D eigenvalue weighted by Crippen LogP contribution is 2.39. The third-order valence-corrected chi connectivity index (χ3v) is 5.89. The van der Waals surface area contributed by atoms with Gasteiger partial charge in [-0.2, -0.15) is 4.98 Å². The van der Waals surface area contributed by atoms with Gasteiger partial charge in [0.1, 0.15) is 12.4 Å². The highest BCUT2D eigenvalue weighted by molar-refractivity contribution is 5.77. The average Bonchev–Trinajstić information content (AvgIpc) is 3.49. The number of hydrogen-bond donors (Lipinski definition) is 1. The second-order valence-electron chi connectivity index (χ2n) is 8.18. The van der Waals surface area contributed by atoms with Gasteiger partial charge in [-0.1, -0.05) is 12.1 Å². The minimum Gasteiger partial charge on any atom is -0.447 e. The molecule has 0 bridgehead atoms. The van der Waals surface area contributed by atoms with Gasteiger partial charge < -0.3 is 19.7 Å². The van der Waals surface area contributed by atoms with Gasteiger partial charge in [-0.05, 0) is 43.0 Å². The van der Waals surface area contributed by atoms with Crippen molar-refractivity contribution in [3.05, 3.63) is 47.8 Å². The number of ether oxygens (including phenoxy) is 2. The van der Waals surface area contributed by atoms with E-state index in [0.717, 1.165) is 18.8 Å². The number of carbonyl (C=O) groups excluding carboxylic acids is 2. The van der Waals surface area contributed by atoms with Crippen molar-refractivity contribution < 1.29 is 19.1 Å². The zero-order chi connectivity index (χ0) is 20.5. The van der Waals surface area contributed by atoms with E-state index in [2.05, 4.69) is 15.3 Å². The molecule has 2 amide bonds. The van der Waals surface area contributed by atoms with Gasteiger partial charge in [0.15, 0.2) is 0 Å². The predicted octanol–water partition coefficient (Wildman–Crippen LogP) is 2.96. The summed E-state index contributed by atoms with van der Waals surface area (Å²) in [4.78, 5) is 33.9. The van der Waals surface area contributed by atoms with Gasteiger partial charge in [0, 0.05) is 37.5 Å². The van der Waals surface area contributed by atoms with Crippen LogP contribution in [0.15, 0.2) is 36.5 Å². The molecule has 0 unspecified atom stereocenters. The molecule has 8 heteroatoms. The maximum Gasteiger partial charge on any atom is 0.407 e. The second-order valence-corrected chi connectivity index (χ2v) is 8.18. The molecular weight excluding hydrogens is 384 g/mol. The first-order valence-corrected chi connectivity index (χ1v) is 10.5. The first kappa shape index (κ1) is 18.8. The Morgan fingerprint density at radius 2 is 1.97 bits per heavy atom. The van der Waals surface area contributed by atoms with E-state index in [-0.39, 0.29) is 11.9 Å². The molecule has 2 saturated heterocycles. The van der Waals surface area contributed by atoms with Gasteiger partial charge in [-0.3, -0.25) is 4.79 Å². The number of carbonyl (C=O) groups is 2. The lowest BCUT2D eigenvalue weighted by Crippen LogP contribution is -2.48. The number of alkyl carbamates (subject to hydrolysis) is 1. The van der Waals surface area contributed by atoms with Crippen molar-refractivity contribution >= 4 is 12.0 Å². The molecule has 0 spiro atoms. The monoisotopic (exact) mass is 408 g/mol. The third-order valence-electron chi connectivity index (χ3n) is 5.89. The molecule has 1 atom stereocenters. The van der Waals surface area contributed by atoms with Crippen LogP contribution in [0.3, 0.4) is 0 Å². The Morgan fingerprint density at radius 3 is 2.67 bits per heavy atom. The highest BCUT2D eigenvalue weighted by Gasteiger charge is 2.32. The number of likely N-dealkylation sites (tertiary alicyclic amines) is 1. The molecule has 3 aliphatic rings. The SMILES string of the molecule is O=C1N[C@H](CCC(=O)N2CC(c3ccc(Oc4nccc(C5CC5)n4)cc3)C2)CO1. The molecule has 3 fully saturated rings. The molecule has 0 radical (unpaired) electrons. The molecule has 30 heavy (non-hydrogen) atoms. The van der Waals surface area contributed by atoms with E-state index in [1.807, 2.05) is 35.2 Å². The largest absolute Gasteiger partial charge is 0.447 e. The zero-order valence-electron chi connectivity index (χ0n) is 16.6. The van der Waals surface area contributed by atoms with E-state index >= 15 is 0 Å². The second kappa shape index (κ2) is 7.93. The van der Waals surface area contributed by atoms with Crippen LogP contribution in [0.5, 0.6) is 11.8 Å². The van der Waals surface area contributed by atoms with Crippen LogP contribution < -0.4 is 10.1 Å². The number of aromatic nitrogens is 2. The van der Waals surface area contributed by atoms with Gasteiger partial charge in [-0.15, -0.1) is 0 Å². The summed E-state index contributed by atoms with van der Waals surface area (Å²) >= 11 is 0. The normalized spacial score (nSPS) is 21.0. The summed E-state index contributed by atoms with van der Waals surface area (Å²) in [6.45, 7) is 1.79. The summed E-state index contributed by atoms with van der Waals surface area (Å²) in [6.07, 6.45) is 4.77. The number of cyclic esters (lactones) is 1. The predicted molar refractivity (Wildman–Crippen MR) is 107 cm³/mol. The van der Waals surface area contributed by atoms with Gasteiger partial charge in [0.2, 0.25) is 5.91 Å². The van der Waals surface area contributed by atoms with Gasteiger partial charge >= 0.3 is 12.1 Å². The maximum absolute atomic E-state index is 12.3. The fraction of sp³-hybridized carbons (Fsp3) is 0.455. The van der Waals surface area contributed by atoms with Crippen LogP contribution in [0.1, 0.15) is 48.8 Å².